The molecule has 1 aliphatic heterocycles. The zero-order chi connectivity index (χ0) is 20.1. The lowest BCUT2D eigenvalue weighted by Crippen LogP contribution is -2.35. The standard InChI is InChI=1S/C20H30N6O2/c1-14-19(23-24-26(14)16-8-10-21-11-9-16)20(27)22-13-18(25(2)3)15-6-5-7-17(12-15)28-4/h5-7,12,16,18,21H,8-11,13H2,1-4H3,(H,22,27). The number of hydrogen-bond donors (Lipinski definition) is 2. The summed E-state index contributed by atoms with van der Waals surface area (Å²) in [5.74, 6) is 0.615. The molecule has 1 aromatic heterocycles. The Kier molecular flexibility index (Phi) is 6.64. The summed E-state index contributed by atoms with van der Waals surface area (Å²) in [6.07, 6.45) is 2.01. The first-order valence-corrected chi connectivity index (χ1v) is 9.72. The Labute approximate surface area is 166 Å². The minimum Gasteiger partial charge on any atom is -0.497 e. The Morgan fingerprint density at radius 2 is 2.14 bits per heavy atom. The maximum Gasteiger partial charge on any atom is 0.273 e. The molecule has 28 heavy (non-hydrogen) atoms. The van der Waals surface area contributed by atoms with Gasteiger partial charge >= 0.3 is 0 Å². The number of methoxy groups -OCH3 is 1. The van der Waals surface area contributed by atoms with Crippen LogP contribution in [0.2, 0.25) is 0 Å². The summed E-state index contributed by atoms with van der Waals surface area (Å²) in [5.41, 5.74) is 2.31. The van der Waals surface area contributed by atoms with Crippen LogP contribution in [0.15, 0.2) is 24.3 Å². The molecule has 0 bridgehead atoms. The fourth-order valence-electron chi connectivity index (χ4n) is 3.67. The van der Waals surface area contributed by atoms with Crippen LogP contribution in [-0.2, 0) is 0 Å². The lowest BCUT2D eigenvalue weighted by molar-refractivity contribution is 0.0936. The fourth-order valence-corrected chi connectivity index (χ4v) is 3.67. The Morgan fingerprint density at radius 3 is 2.82 bits per heavy atom. The maximum absolute atomic E-state index is 12.8. The molecular weight excluding hydrogens is 356 g/mol. The molecule has 3 rings (SSSR count). The van der Waals surface area contributed by atoms with E-state index in [-0.39, 0.29) is 11.9 Å². The molecule has 1 aliphatic rings. The summed E-state index contributed by atoms with van der Waals surface area (Å²) < 4.78 is 7.23. The van der Waals surface area contributed by atoms with Crippen LogP contribution in [0.25, 0.3) is 0 Å². The molecule has 152 valence electrons. The molecule has 0 saturated carbocycles. The zero-order valence-electron chi connectivity index (χ0n) is 17.1. The van der Waals surface area contributed by atoms with Crippen LogP contribution in [0.5, 0.6) is 5.75 Å². The van der Waals surface area contributed by atoms with Gasteiger partial charge in [0.15, 0.2) is 5.69 Å². The number of nitrogens with zero attached hydrogens (tertiary/aromatic N) is 4. The van der Waals surface area contributed by atoms with Gasteiger partial charge in [0, 0.05) is 6.54 Å². The molecule has 2 aromatic rings. The van der Waals surface area contributed by atoms with Gasteiger partial charge in [-0.2, -0.15) is 0 Å². The van der Waals surface area contributed by atoms with Crippen LogP contribution in [0.1, 0.15) is 46.7 Å². The number of hydrogen-bond acceptors (Lipinski definition) is 6. The van der Waals surface area contributed by atoms with E-state index in [0.717, 1.165) is 42.9 Å². The number of ether oxygens (including phenoxy) is 1. The molecule has 1 aromatic carbocycles. The third-order valence-electron chi connectivity index (χ3n) is 5.35. The normalized spacial score (nSPS) is 16.2. The van der Waals surface area contributed by atoms with E-state index < -0.39 is 0 Å². The molecule has 2 N–H and O–H groups in total. The van der Waals surface area contributed by atoms with Crippen LogP contribution in [-0.4, -0.2) is 66.6 Å². The lowest BCUT2D eigenvalue weighted by atomic mass is 10.1. The summed E-state index contributed by atoms with van der Waals surface area (Å²) >= 11 is 0. The van der Waals surface area contributed by atoms with E-state index in [0.29, 0.717) is 18.3 Å². The van der Waals surface area contributed by atoms with E-state index in [1.54, 1.807) is 7.11 Å². The molecular formula is C20H30N6O2. The van der Waals surface area contributed by atoms with Crippen molar-refractivity contribution in [3.05, 3.63) is 41.2 Å². The molecule has 1 unspecified atom stereocenters. The zero-order valence-corrected chi connectivity index (χ0v) is 17.1. The van der Waals surface area contributed by atoms with Gasteiger partial charge in [-0.25, -0.2) is 4.68 Å². The van der Waals surface area contributed by atoms with Crippen molar-refractivity contribution >= 4 is 5.91 Å². The highest BCUT2D eigenvalue weighted by atomic mass is 16.5. The number of carbonyl (C=O) groups excluding carboxylic acids is 1. The largest absolute Gasteiger partial charge is 0.497 e. The molecule has 2 heterocycles. The molecule has 0 aliphatic carbocycles. The highest BCUT2D eigenvalue weighted by Crippen LogP contribution is 2.23. The highest BCUT2D eigenvalue weighted by molar-refractivity contribution is 5.93. The van der Waals surface area contributed by atoms with E-state index >= 15 is 0 Å². The first-order chi connectivity index (χ1) is 13.5. The van der Waals surface area contributed by atoms with E-state index in [2.05, 4.69) is 25.8 Å². The predicted molar refractivity (Wildman–Crippen MR) is 108 cm³/mol. The van der Waals surface area contributed by atoms with Crippen molar-refractivity contribution < 1.29 is 9.53 Å². The SMILES string of the molecule is COc1cccc(C(CNC(=O)c2nnn(C3CCNCC3)c2C)N(C)C)c1. The molecule has 1 atom stereocenters. The average molecular weight is 387 g/mol. The van der Waals surface area contributed by atoms with Gasteiger partial charge in [-0.1, -0.05) is 17.3 Å². The minimum absolute atomic E-state index is 0.0267. The Bertz CT molecular complexity index is 798. The van der Waals surface area contributed by atoms with Gasteiger partial charge in [-0.3, -0.25) is 4.79 Å². The minimum atomic E-state index is -0.188. The second-order valence-corrected chi connectivity index (χ2v) is 7.42. The molecule has 1 saturated heterocycles. The van der Waals surface area contributed by atoms with Gasteiger partial charge in [0.05, 0.1) is 24.9 Å². The second-order valence-electron chi connectivity index (χ2n) is 7.42. The molecule has 8 heteroatoms. The van der Waals surface area contributed by atoms with Crippen LogP contribution in [0.3, 0.4) is 0 Å². The van der Waals surface area contributed by atoms with Crippen LogP contribution < -0.4 is 15.4 Å². The molecule has 8 nitrogen and oxygen atoms in total. The Balaban J connectivity index is 1.69. The van der Waals surface area contributed by atoms with E-state index in [9.17, 15) is 4.79 Å². The molecule has 1 amide bonds. The van der Waals surface area contributed by atoms with Gasteiger partial charge in [-0.05, 0) is 64.6 Å². The van der Waals surface area contributed by atoms with Gasteiger partial charge in [-0.15, -0.1) is 5.10 Å². The van der Waals surface area contributed by atoms with Crippen molar-refractivity contribution in [3.63, 3.8) is 0 Å². The first kappa shape index (κ1) is 20.3. The smallest absolute Gasteiger partial charge is 0.273 e. The summed E-state index contributed by atoms with van der Waals surface area (Å²) in [7, 11) is 5.64. The summed E-state index contributed by atoms with van der Waals surface area (Å²) in [6.45, 7) is 4.33. The topological polar surface area (TPSA) is 84.3 Å². The third kappa shape index (κ3) is 4.51. The number of carbonyl (C=O) groups is 1. The van der Waals surface area contributed by atoms with Crippen LogP contribution in [0.4, 0.5) is 0 Å². The van der Waals surface area contributed by atoms with Gasteiger partial charge in [0.2, 0.25) is 0 Å². The Hall–Kier alpha value is -2.45. The van der Waals surface area contributed by atoms with Crippen molar-refractivity contribution in [3.8, 4) is 5.75 Å². The maximum atomic E-state index is 12.8. The highest BCUT2D eigenvalue weighted by Gasteiger charge is 2.24. The molecule has 1 fully saturated rings. The van der Waals surface area contributed by atoms with E-state index in [1.807, 2.05) is 50.0 Å². The van der Waals surface area contributed by atoms with Gasteiger partial charge in [0.25, 0.3) is 5.91 Å². The van der Waals surface area contributed by atoms with Crippen LogP contribution >= 0.6 is 0 Å². The van der Waals surface area contributed by atoms with Gasteiger partial charge in [0.1, 0.15) is 5.75 Å². The van der Waals surface area contributed by atoms with E-state index in [1.165, 1.54) is 0 Å². The number of aromatic nitrogens is 3. The number of likely N-dealkylation sites (N-methyl/N-ethyl adjacent to an activating group) is 1. The predicted octanol–water partition coefficient (Wildman–Crippen LogP) is 1.55. The van der Waals surface area contributed by atoms with Crippen molar-refractivity contribution in [1.82, 2.24) is 30.5 Å². The summed E-state index contributed by atoms with van der Waals surface area (Å²) in [5, 5.41) is 14.8. The van der Waals surface area contributed by atoms with Gasteiger partial charge < -0.3 is 20.3 Å². The number of nitrogens with one attached hydrogen (secondary N) is 2. The first-order valence-electron chi connectivity index (χ1n) is 9.72. The monoisotopic (exact) mass is 386 g/mol. The van der Waals surface area contributed by atoms with E-state index in [4.69, 9.17) is 4.74 Å². The lowest BCUT2D eigenvalue weighted by Gasteiger charge is -2.25. The number of amides is 1. The number of piperidine rings is 1. The Morgan fingerprint density at radius 1 is 1.39 bits per heavy atom. The fraction of sp³-hybridized carbons (Fsp3) is 0.550. The summed E-state index contributed by atoms with van der Waals surface area (Å²) in [6, 6.07) is 8.24. The second kappa shape index (κ2) is 9.16. The number of rotatable bonds is 7. The molecule has 0 radical (unpaired) electrons. The van der Waals surface area contributed by atoms with Crippen molar-refractivity contribution in [1.29, 1.82) is 0 Å². The third-order valence-corrected chi connectivity index (χ3v) is 5.35. The van der Waals surface area contributed by atoms with Crippen molar-refractivity contribution in [2.24, 2.45) is 0 Å². The summed E-state index contributed by atoms with van der Waals surface area (Å²) in [4.78, 5) is 14.8. The average Bonchev–Trinajstić information content (AvgIpc) is 3.10. The number of benzene rings is 1. The van der Waals surface area contributed by atoms with Crippen LogP contribution in [0, 0.1) is 6.92 Å². The molecule has 0 spiro atoms. The van der Waals surface area contributed by atoms with Crippen molar-refractivity contribution in [2.45, 2.75) is 31.8 Å². The van der Waals surface area contributed by atoms with Crippen molar-refractivity contribution in [2.75, 3.05) is 40.8 Å². The quantitative estimate of drug-likeness (QED) is 0.751.